The van der Waals surface area contributed by atoms with Crippen molar-refractivity contribution in [1.82, 2.24) is 10.2 Å². The molecule has 1 aliphatic rings. The third-order valence-electron chi connectivity index (χ3n) is 3.68. The fraction of sp³-hybridized carbons (Fsp3) is 0.857. The van der Waals surface area contributed by atoms with Crippen LogP contribution in [0.1, 0.15) is 33.6 Å². The van der Waals surface area contributed by atoms with E-state index < -0.39 is 0 Å². The molecule has 0 radical (unpaired) electrons. The quantitative estimate of drug-likeness (QED) is 0.719. The van der Waals surface area contributed by atoms with Gasteiger partial charge >= 0.3 is 0 Å². The number of likely N-dealkylation sites (N-methyl/N-ethyl adjacent to an activating group) is 1. The van der Waals surface area contributed by atoms with Crippen LogP contribution >= 0.6 is 0 Å². The van der Waals surface area contributed by atoms with Crippen molar-refractivity contribution in [1.29, 1.82) is 0 Å². The molecule has 0 spiro atoms. The fourth-order valence-electron chi connectivity index (χ4n) is 2.28. The highest BCUT2D eigenvalue weighted by Crippen LogP contribution is 2.17. The largest absolute Gasteiger partial charge is 0.374 e. The summed E-state index contributed by atoms with van der Waals surface area (Å²) in [7, 11) is 2.02. The van der Waals surface area contributed by atoms with Gasteiger partial charge in [0, 0.05) is 25.2 Å². The highest BCUT2D eigenvalue weighted by molar-refractivity contribution is 4.99. The zero-order chi connectivity index (χ0) is 12.8. The lowest BCUT2D eigenvalue weighted by Crippen LogP contribution is -2.53. The lowest BCUT2D eigenvalue weighted by Gasteiger charge is -2.39. The highest BCUT2D eigenvalue weighted by Gasteiger charge is 2.28. The summed E-state index contributed by atoms with van der Waals surface area (Å²) in [4.78, 5) is 2.49. The third-order valence-corrected chi connectivity index (χ3v) is 3.68. The first-order valence-electron chi connectivity index (χ1n) is 6.78. The van der Waals surface area contributed by atoms with E-state index >= 15 is 0 Å². The average molecular weight is 240 g/mol. The molecule has 1 fully saturated rings. The monoisotopic (exact) mass is 240 g/mol. The van der Waals surface area contributed by atoms with Crippen LogP contribution in [0, 0.1) is 0 Å². The number of morpholine rings is 1. The van der Waals surface area contributed by atoms with E-state index in [1.54, 1.807) is 0 Å². The molecule has 0 saturated carbocycles. The molecule has 1 saturated heterocycles. The van der Waals surface area contributed by atoms with Gasteiger partial charge in [0.25, 0.3) is 0 Å². The number of nitrogens with one attached hydrogen (secondary N) is 1. The van der Waals surface area contributed by atoms with Gasteiger partial charge in [0.15, 0.2) is 0 Å². The summed E-state index contributed by atoms with van der Waals surface area (Å²) in [6.45, 7) is 13.7. The minimum absolute atomic E-state index is 0.291. The predicted molar refractivity (Wildman–Crippen MR) is 73.3 cm³/mol. The Morgan fingerprint density at radius 3 is 2.76 bits per heavy atom. The summed E-state index contributed by atoms with van der Waals surface area (Å²) in [5.41, 5.74) is 1.30. The van der Waals surface area contributed by atoms with Gasteiger partial charge in [-0.05, 0) is 33.7 Å². The summed E-state index contributed by atoms with van der Waals surface area (Å²) in [5, 5.41) is 3.38. The Labute approximate surface area is 106 Å². The Morgan fingerprint density at radius 2 is 2.24 bits per heavy atom. The van der Waals surface area contributed by atoms with Gasteiger partial charge in [0.05, 0.1) is 12.7 Å². The summed E-state index contributed by atoms with van der Waals surface area (Å²) in [5.74, 6) is 0. The molecule has 100 valence electrons. The van der Waals surface area contributed by atoms with Gasteiger partial charge in [-0.2, -0.15) is 0 Å². The first-order valence-corrected chi connectivity index (χ1v) is 6.78. The first kappa shape index (κ1) is 14.7. The summed E-state index contributed by atoms with van der Waals surface area (Å²) >= 11 is 0. The van der Waals surface area contributed by atoms with Gasteiger partial charge in [-0.3, -0.25) is 4.90 Å². The second kappa shape index (κ2) is 7.14. The summed E-state index contributed by atoms with van der Waals surface area (Å²) in [6, 6.07) is 0.997. The molecule has 0 aromatic heterocycles. The number of rotatable bonds is 6. The third kappa shape index (κ3) is 4.41. The molecule has 1 rings (SSSR count). The van der Waals surface area contributed by atoms with Crippen molar-refractivity contribution in [2.45, 2.75) is 51.8 Å². The number of hydrogen-bond donors (Lipinski definition) is 1. The van der Waals surface area contributed by atoms with E-state index in [1.807, 2.05) is 7.05 Å². The Bertz CT molecular complexity index is 240. The Kier molecular flexibility index (Phi) is 6.17. The zero-order valence-corrected chi connectivity index (χ0v) is 11.8. The van der Waals surface area contributed by atoms with E-state index in [0.29, 0.717) is 18.2 Å². The van der Waals surface area contributed by atoms with Crippen molar-refractivity contribution in [3.63, 3.8) is 0 Å². The highest BCUT2D eigenvalue weighted by atomic mass is 16.5. The molecule has 3 nitrogen and oxygen atoms in total. The van der Waals surface area contributed by atoms with Crippen LogP contribution in [0.3, 0.4) is 0 Å². The molecular formula is C14H28N2O. The lowest BCUT2D eigenvalue weighted by molar-refractivity contribution is -0.0542. The first-order chi connectivity index (χ1) is 8.08. The van der Waals surface area contributed by atoms with E-state index in [0.717, 1.165) is 32.5 Å². The van der Waals surface area contributed by atoms with Crippen molar-refractivity contribution < 1.29 is 4.74 Å². The smallest absolute Gasteiger partial charge is 0.0858 e. The Morgan fingerprint density at radius 1 is 1.53 bits per heavy atom. The average Bonchev–Trinajstić information content (AvgIpc) is 2.35. The minimum atomic E-state index is 0.291. The van der Waals surface area contributed by atoms with Crippen LogP contribution in [0.2, 0.25) is 0 Å². The zero-order valence-electron chi connectivity index (χ0n) is 11.8. The van der Waals surface area contributed by atoms with Crippen LogP contribution in [0.25, 0.3) is 0 Å². The maximum Gasteiger partial charge on any atom is 0.0858 e. The van der Waals surface area contributed by atoms with Crippen LogP contribution in [0.4, 0.5) is 0 Å². The summed E-state index contributed by atoms with van der Waals surface area (Å²) < 4.78 is 5.91. The number of hydrogen-bond acceptors (Lipinski definition) is 3. The van der Waals surface area contributed by atoms with Crippen molar-refractivity contribution >= 4 is 0 Å². The molecule has 2 unspecified atom stereocenters. The van der Waals surface area contributed by atoms with Gasteiger partial charge in [-0.15, -0.1) is 0 Å². The van der Waals surface area contributed by atoms with Crippen molar-refractivity contribution in [3.05, 3.63) is 12.2 Å². The van der Waals surface area contributed by atoms with Gasteiger partial charge in [0.2, 0.25) is 0 Å². The van der Waals surface area contributed by atoms with Crippen LogP contribution in [0.15, 0.2) is 12.2 Å². The van der Waals surface area contributed by atoms with E-state index in [2.05, 4.69) is 37.6 Å². The number of nitrogens with zero attached hydrogens (tertiary/aromatic N) is 1. The molecule has 2 atom stereocenters. The SMILES string of the molecule is C=C(CC)CC(NC)C1CN(C(C)C)CCO1. The van der Waals surface area contributed by atoms with Gasteiger partial charge < -0.3 is 10.1 Å². The maximum absolute atomic E-state index is 5.91. The lowest BCUT2D eigenvalue weighted by atomic mass is 9.99. The molecule has 1 N–H and O–H groups in total. The Balaban J connectivity index is 2.53. The number of ether oxygens (including phenoxy) is 1. The van der Waals surface area contributed by atoms with Crippen LogP contribution < -0.4 is 5.32 Å². The van der Waals surface area contributed by atoms with Crippen molar-refractivity contribution in [2.24, 2.45) is 0 Å². The van der Waals surface area contributed by atoms with Gasteiger partial charge in [-0.25, -0.2) is 0 Å². The molecule has 0 aliphatic carbocycles. The van der Waals surface area contributed by atoms with Crippen LogP contribution in [0.5, 0.6) is 0 Å². The molecule has 0 bridgehead atoms. The van der Waals surface area contributed by atoms with E-state index in [9.17, 15) is 0 Å². The topological polar surface area (TPSA) is 24.5 Å². The van der Waals surface area contributed by atoms with Gasteiger partial charge in [0.1, 0.15) is 0 Å². The standard InChI is InChI=1S/C14H28N2O/c1-6-12(4)9-13(15-5)14-10-16(11(2)3)7-8-17-14/h11,13-15H,4,6-10H2,1-3,5H3. The van der Waals surface area contributed by atoms with Crippen LogP contribution in [-0.4, -0.2) is 49.8 Å². The summed E-state index contributed by atoms with van der Waals surface area (Å²) in [6.07, 6.45) is 2.36. The molecule has 0 aromatic carbocycles. The van der Waals surface area contributed by atoms with Crippen LogP contribution in [-0.2, 0) is 4.74 Å². The molecule has 17 heavy (non-hydrogen) atoms. The molecule has 1 heterocycles. The molecule has 1 aliphatic heterocycles. The molecule has 3 heteroatoms. The molecule has 0 aromatic rings. The maximum atomic E-state index is 5.91. The second-order valence-corrected chi connectivity index (χ2v) is 5.20. The van der Waals surface area contributed by atoms with Gasteiger partial charge in [-0.1, -0.05) is 19.1 Å². The molecule has 0 amide bonds. The van der Waals surface area contributed by atoms with Crippen molar-refractivity contribution in [3.8, 4) is 0 Å². The predicted octanol–water partition coefficient (Wildman–Crippen LogP) is 2.04. The minimum Gasteiger partial charge on any atom is -0.374 e. The van der Waals surface area contributed by atoms with E-state index in [1.165, 1.54) is 5.57 Å². The molecular weight excluding hydrogens is 212 g/mol. The van der Waals surface area contributed by atoms with E-state index in [4.69, 9.17) is 4.74 Å². The fourth-order valence-corrected chi connectivity index (χ4v) is 2.28. The normalized spacial score (nSPS) is 23.9. The second-order valence-electron chi connectivity index (χ2n) is 5.20. The Hall–Kier alpha value is -0.380. The van der Waals surface area contributed by atoms with Crippen molar-refractivity contribution in [2.75, 3.05) is 26.7 Å². The van der Waals surface area contributed by atoms with E-state index in [-0.39, 0.29) is 0 Å².